The number of rotatable bonds is 1. The van der Waals surface area contributed by atoms with Crippen molar-refractivity contribution in [1.29, 1.82) is 0 Å². The van der Waals surface area contributed by atoms with Crippen LogP contribution in [0.3, 0.4) is 0 Å². The summed E-state index contributed by atoms with van der Waals surface area (Å²) in [7, 11) is 0. The maximum atomic E-state index is 9.37. The topological polar surface area (TPSA) is 60.7 Å². The smallest absolute Gasteiger partial charge is 0.120 e. The molecule has 11 heavy (non-hydrogen) atoms. The summed E-state index contributed by atoms with van der Waals surface area (Å²) in [4.78, 5) is 0. The van der Waals surface area contributed by atoms with Crippen LogP contribution < -0.4 is 0 Å². The highest BCUT2D eigenvalue weighted by molar-refractivity contribution is 5.27. The normalized spacial score (nSPS) is 42.2. The van der Waals surface area contributed by atoms with Gasteiger partial charge >= 0.3 is 0 Å². The zero-order chi connectivity index (χ0) is 8.01. The molecule has 0 aromatic carbocycles. The van der Waals surface area contributed by atoms with E-state index in [-0.39, 0.29) is 24.2 Å². The molecule has 3 heteroatoms. The summed E-state index contributed by atoms with van der Waals surface area (Å²) in [6.07, 6.45) is 0.846. The molecule has 0 amide bonds. The molecule has 1 saturated carbocycles. The Morgan fingerprint density at radius 2 is 2.09 bits per heavy atom. The van der Waals surface area contributed by atoms with Gasteiger partial charge in [0.05, 0.1) is 0 Å². The van der Waals surface area contributed by atoms with Crippen LogP contribution in [0.25, 0.3) is 0 Å². The van der Waals surface area contributed by atoms with Crippen molar-refractivity contribution >= 4 is 0 Å². The van der Waals surface area contributed by atoms with Gasteiger partial charge in [-0.15, -0.1) is 0 Å². The first-order chi connectivity index (χ1) is 5.24. The van der Waals surface area contributed by atoms with E-state index in [0.717, 1.165) is 18.4 Å². The van der Waals surface area contributed by atoms with Gasteiger partial charge in [-0.25, -0.2) is 0 Å². The van der Waals surface area contributed by atoms with E-state index in [2.05, 4.69) is 0 Å². The summed E-state index contributed by atoms with van der Waals surface area (Å²) in [6, 6.07) is 0. The van der Waals surface area contributed by atoms with Crippen molar-refractivity contribution in [2.24, 2.45) is 11.8 Å². The summed E-state index contributed by atoms with van der Waals surface area (Å²) in [6.45, 7) is 0.124. The van der Waals surface area contributed by atoms with Crippen molar-refractivity contribution in [2.75, 3.05) is 6.61 Å². The van der Waals surface area contributed by atoms with E-state index < -0.39 is 6.10 Å². The van der Waals surface area contributed by atoms with Crippen molar-refractivity contribution < 1.29 is 15.3 Å². The third kappa shape index (κ3) is 0.812. The fourth-order valence-electron chi connectivity index (χ4n) is 2.19. The Morgan fingerprint density at radius 3 is 2.55 bits per heavy atom. The fourth-order valence-corrected chi connectivity index (χ4v) is 2.19. The Kier molecular flexibility index (Phi) is 1.44. The van der Waals surface area contributed by atoms with Crippen LogP contribution in [-0.2, 0) is 0 Å². The summed E-state index contributed by atoms with van der Waals surface area (Å²) >= 11 is 0. The minimum absolute atomic E-state index is 0.0787. The average Bonchev–Trinajstić information content (AvgIpc) is 2.53. The van der Waals surface area contributed by atoms with E-state index in [1.54, 1.807) is 0 Å². The Morgan fingerprint density at radius 1 is 1.36 bits per heavy atom. The monoisotopic (exact) mass is 156 g/mol. The fraction of sp³-hybridized carbons (Fsp3) is 0.750. The Labute approximate surface area is 65.0 Å². The number of allylic oxidation sites excluding steroid dienone is 1. The first-order valence-corrected chi connectivity index (χ1v) is 3.94. The molecule has 3 nitrogen and oxygen atoms in total. The molecule has 3 N–H and O–H groups in total. The van der Waals surface area contributed by atoms with Gasteiger partial charge in [0.15, 0.2) is 0 Å². The molecule has 1 fully saturated rings. The Bertz CT molecular complexity index is 209. The van der Waals surface area contributed by atoms with E-state index in [4.69, 9.17) is 5.11 Å². The van der Waals surface area contributed by atoms with Crippen LogP contribution in [0.1, 0.15) is 12.8 Å². The first-order valence-electron chi connectivity index (χ1n) is 3.94. The van der Waals surface area contributed by atoms with Crippen molar-refractivity contribution in [1.82, 2.24) is 0 Å². The molecule has 0 aliphatic heterocycles. The van der Waals surface area contributed by atoms with Crippen molar-refractivity contribution in [3.63, 3.8) is 0 Å². The first kappa shape index (κ1) is 7.13. The lowest BCUT2D eigenvalue weighted by molar-refractivity contribution is 0.0610. The third-order valence-electron chi connectivity index (χ3n) is 2.88. The van der Waals surface area contributed by atoms with Crippen LogP contribution in [0, 0.1) is 11.8 Å². The quantitative estimate of drug-likeness (QED) is 0.508. The van der Waals surface area contributed by atoms with E-state index in [1.807, 2.05) is 0 Å². The van der Waals surface area contributed by atoms with E-state index in [1.165, 1.54) is 0 Å². The number of aliphatic hydroxyl groups excluding tert-OH is 3. The highest BCUT2D eigenvalue weighted by Crippen LogP contribution is 2.46. The molecule has 0 aromatic rings. The number of fused-ring (bicyclic) bond motifs is 2. The van der Waals surface area contributed by atoms with Gasteiger partial charge in [0.1, 0.15) is 11.9 Å². The van der Waals surface area contributed by atoms with Gasteiger partial charge in [-0.1, -0.05) is 0 Å². The Hall–Kier alpha value is -0.540. The molecule has 2 aliphatic carbocycles. The van der Waals surface area contributed by atoms with Gasteiger partial charge in [-0.2, -0.15) is 0 Å². The van der Waals surface area contributed by atoms with Crippen LogP contribution in [0.15, 0.2) is 11.3 Å². The standard InChI is InChI=1S/C8H12O3/c9-3-5-1-4-2-6(5)8(11)7(4)10/h5-6,8-11H,1-3H2. The van der Waals surface area contributed by atoms with Crippen LogP contribution in [0.2, 0.25) is 0 Å². The average molecular weight is 156 g/mol. The largest absolute Gasteiger partial charge is 0.510 e. The lowest BCUT2D eigenvalue weighted by Crippen LogP contribution is -2.27. The molecular formula is C8H12O3. The molecule has 0 spiro atoms. The minimum Gasteiger partial charge on any atom is -0.510 e. The van der Waals surface area contributed by atoms with Crippen molar-refractivity contribution in [3.05, 3.63) is 11.3 Å². The summed E-state index contributed by atoms with van der Waals surface area (Å²) in [5.41, 5.74) is 0.946. The second kappa shape index (κ2) is 2.22. The molecule has 2 rings (SSSR count). The number of hydrogen-bond donors (Lipinski definition) is 3. The van der Waals surface area contributed by atoms with Gasteiger partial charge in [-0.3, -0.25) is 0 Å². The van der Waals surface area contributed by atoms with Crippen LogP contribution >= 0.6 is 0 Å². The molecule has 0 saturated heterocycles. The molecule has 62 valence electrons. The number of aliphatic hydroxyl groups is 3. The second-order valence-electron chi connectivity index (χ2n) is 3.45. The van der Waals surface area contributed by atoms with Gasteiger partial charge < -0.3 is 15.3 Å². The highest BCUT2D eigenvalue weighted by atomic mass is 16.3. The van der Waals surface area contributed by atoms with E-state index in [0.29, 0.717) is 0 Å². The molecule has 0 radical (unpaired) electrons. The molecule has 0 aromatic heterocycles. The molecule has 2 bridgehead atoms. The van der Waals surface area contributed by atoms with Gasteiger partial charge in [-0.05, 0) is 24.3 Å². The molecule has 0 heterocycles. The summed E-state index contributed by atoms with van der Waals surface area (Å²) < 4.78 is 0. The zero-order valence-corrected chi connectivity index (χ0v) is 6.20. The highest BCUT2D eigenvalue weighted by Gasteiger charge is 2.44. The predicted molar refractivity (Wildman–Crippen MR) is 39.0 cm³/mol. The van der Waals surface area contributed by atoms with Crippen LogP contribution in [-0.4, -0.2) is 28.0 Å². The van der Waals surface area contributed by atoms with Crippen molar-refractivity contribution in [3.8, 4) is 0 Å². The van der Waals surface area contributed by atoms with E-state index >= 15 is 0 Å². The van der Waals surface area contributed by atoms with Crippen molar-refractivity contribution in [2.45, 2.75) is 18.9 Å². The SMILES string of the molecule is OCC1CC2=C(O)C(O)C1C2. The van der Waals surface area contributed by atoms with Gasteiger partial charge in [0.25, 0.3) is 0 Å². The minimum atomic E-state index is -0.698. The Balaban J connectivity index is 2.23. The maximum absolute atomic E-state index is 9.37. The second-order valence-corrected chi connectivity index (χ2v) is 3.45. The zero-order valence-electron chi connectivity index (χ0n) is 6.20. The summed E-state index contributed by atoms with van der Waals surface area (Å²) in [5, 5.41) is 27.5. The molecular weight excluding hydrogens is 144 g/mol. The third-order valence-corrected chi connectivity index (χ3v) is 2.88. The molecule has 3 atom stereocenters. The maximum Gasteiger partial charge on any atom is 0.120 e. The van der Waals surface area contributed by atoms with E-state index in [9.17, 15) is 10.2 Å². The lowest BCUT2D eigenvalue weighted by atomic mass is 9.90. The molecule has 3 unspecified atom stereocenters. The summed E-state index contributed by atoms with van der Waals surface area (Å²) in [5.74, 6) is 0.422. The number of hydrogen-bond acceptors (Lipinski definition) is 3. The predicted octanol–water partition coefficient (Wildman–Crippen LogP) is 0.192. The van der Waals surface area contributed by atoms with Gasteiger partial charge in [0.2, 0.25) is 0 Å². The van der Waals surface area contributed by atoms with Crippen LogP contribution in [0.5, 0.6) is 0 Å². The van der Waals surface area contributed by atoms with Gasteiger partial charge in [0, 0.05) is 12.5 Å². The van der Waals surface area contributed by atoms with Crippen LogP contribution in [0.4, 0.5) is 0 Å². The lowest BCUT2D eigenvalue weighted by Gasteiger charge is -2.22. The molecule has 2 aliphatic rings.